The van der Waals surface area contributed by atoms with Crippen molar-refractivity contribution in [2.75, 3.05) is 11.9 Å². The van der Waals surface area contributed by atoms with Crippen molar-refractivity contribution in [2.24, 2.45) is 0 Å². The van der Waals surface area contributed by atoms with Crippen LogP contribution < -0.4 is 5.32 Å². The van der Waals surface area contributed by atoms with E-state index in [2.05, 4.69) is 5.32 Å². The number of carbonyl (C=O) groups excluding carboxylic acids is 4. The average molecular weight is 452 g/mol. The van der Waals surface area contributed by atoms with Gasteiger partial charge in [0.2, 0.25) is 0 Å². The summed E-state index contributed by atoms with van der Waals surface area (Å²) >= 11 is 6.30. The van der Waals surface area contributed by atoms with Gasteiger partial charge in [0.1, 0.15) is 5.82 Å². The van der Waals surface area contributed by atoms with Crippen molar-refractivity contribution < 1.29 is 28.3 Å². The van der Waals surface area contributed by atoms with Gasteiger partial charge in [0.05, 0.1) is 21.8 Å². The molecule has 0 saturated heterocycles. The van der Waals surface area contributed by atoms with Crippen molar-refractivity contribution in [3.8, 4) is 0 Å². The number of ketones is 2. The molecule has 0 spiro atoms. The Morgan fingerprint density at radius 1 is 0.969 bits per heavy atom. The first-order valence-electron chi connectivity index (χ1n) is 9.52. The molecule has 3 aromatic carbocycles. The number of anilines is 1. The van der Waals surface area contributed by atoms with Crippen molar-refractivity contribution in [2.45, 2.75) is 6.92 Å². The van der Waals surface area contributed by atoms with Gasteiger partial charge in [-0.1, -0.05) is 41.9 Å². The van der Waals surface area contributed by atoms with Gasteiger partial charge in [-0.3, -0.25) is 14.4 Å². The van der Waals surface area contributed by atoms with E-state index in [1.54, 1.807) is 31.2 Å². The summed E-state index contributed by atoms with van der Waals surface area (Å²) in [7, 11) is 0. The number of amides is 1. The second-order valence-corrected chi connectivity index (χ2v) is 7.54. The molecule has 0 fully saturated rings. The summed E-state index contributed by atoms with van der Waals surface area (Å²) in [5, 5.41) is 2.08. The lowest BCUT2D eigenvalue weighted by molar-refractivity contribution is -0.119. The van der Waals surface area contributed by atoms with Crippen LogP contribution in [0.2, 0.25) is 5.02 Å². The van der Waals surface area contributed by atoms with E-state index in [4.69, 9.17) is 16.3 Å². The molecule has 8 heteroatoms. The highest BCUT2D eigenvalue weighted by atomic mass is 35.5. The zero-order valence-electron chi connectivity index (χ0n) is 16.7. The third-order valence-electron chi connectivity index (χ3n) is 4.98. The van der Waals surface area contributed by atoms with Gasteiger partial charge in [0.15, 0.2) is 18.2 Å². The molecule has 160 valence electrons. The Morgan fingerprint density at radius 3 is 2.34 bits per heavy atom. The molecule has 0 aromatic heterocycles. The molecule has 1 amide bonds. The fourth-order valence-corrected chi connectivity index (χ4v) is 3.75. The maximum Gasteiger partial charge on any atom is 0.340 e. The molecule has 0 bridgehead atoms. The molecular weight excluding hydrogens is 437 g/mol. The number of ether oxygens (including phenoxy) is 1. The van der Waals surface area contributed by atoms with Crippen LogP contribution in [0.1, 0.15) is 47.8 Å². The van der Waals surface area contributed by atoms with Crippen LogP contribution in [0.4, 0.5) is 10.1 Å². The summed E-state index contributed by atoms with van der Waals surface area (Å²) in [5.41, 5.74) is 0.920. The van der Waals surface area contributed by atoms with Gasteiger partial charge in [-0.2, -0.15) is 0 Å². The van der Waals surface area contributed by atoms with E-state index in [1.165, 1.54) is 30.3 Å². The van der Waals surface area contributed by atoms with Crippen molar-refractivity contribution in [3.63, 3.8) is 0 Å². The highest BCUT2D eigenvalue weighted by Gasteiger charge is 2.33. The normalized spacial score (nSPS) is 12.1. The van der Waals surface area contributed by atoms with Gasteiger partial charge in [-0.15, -0.1) is 0 Å². The largest absolute Gasteiger partial charge is 0.452 e. The molecular formula is C24H15ClFNO5. The Labute approximate surface area is 187 Å². The topological polar surface area (TPSA) is 89.5 Å². The van der Waals surface area contributed by atoms with Gasteiger partial charge in [-0.25, -0.2) is 9.18 Å². The average Bonchev–Trinajstić information content (AvgIpc) is 2.77. The highest BCUT2D eigenvalue weighted by molar-refractivity contribution is 6.41. The van der Waals surface area contributed by atoms with E-state index in [0.29, 0.717) is 5.56 Å². The van der Waals surface area contributed by atoms with E-state index in [0.717, 1.165) is 0 Å². The number of halogens is 2. The summed E-state index contributed by atoms with van der Waals surface area (Å²) in [5.74, 6) is -3.20. The van der Waals surface area contributed by atoms with Crippen molar-refractivity contribution in [1.29, 1.82) is 0 Å². The highest BCUT2D eigenvalue weighted by Crippen LogP contribution is 2.34. The van der Waals surface area contributed by atoms with Crippen LogP contribution in [-0.2, 0) is 9.53 Å². The monoisotopic (exact) mass is 451 g/mol. The van der Waals surface area contributed by atoms with E-state index in [9.17, 15) is 23.6 Å². The number of rotatable bonds is 4. The number of esters is 1. The lowest BCUT2D eigenvalue weighted by Crippen LogP contribution is -2.24. The number of hydrogen-bond donors (Lipinski definition) is 1. The van der Waals surface area contributed by atoms with E-state index < -0.39 is 30.1 Å². The van der Waals surface area contributed by atoms with E-state index in [-0.39, 0.29) is 44.3 Å². The summed E-state index contributed by atoms with van der Waals surface area (Å²) in [4.78, 5) is 50.1. The Hall–Kier alpha value is -3.84. The van der Waals surface area contributed by atoms with E-state index in [1.807, 2.05) is 0 Å². The van der Waals surface area contributed by atoms with Crippen LogP contribution in [0.15, 0.2) is 54.6 Å². The molecule has 0 aliphatic heterocycles. The quantitative estimate of drug-likeness (QED) is 0.466. The smallest absolute Gasteiger partial charge is 0.340 e. The molecule has 0 atom stereocenters. The predicted octanol–water partition coefficient (Wildman–Crippen LogP) is 4.36. The molecule has 4 rings (SSSR count). The van der Waals surface area contributed by atoms with Crippen LogP contribution in [0.25, 0.3) is 0 Å². The summed E-state index contributed by atoms with van der Waals surface area (Å²) in [6, 6.07) is 13.2. The van der Waals surface area contributed by atoms with Crippen LogP contribution in [-0.4, -0.2) is 30.0 Å². The van der Waals surface area contributed by atoms with Crippen molar-refractivity contribution in [3.05, 3.63) is 98.8 Å². The first-order chi connectivity index (χ1) is 15.3. The van der Waals surface area contributed by atoms with Gasteiger partial charge >= 0.3 is 5.97 Å². The molecule has 0 radical (unpaired) electrons. The maximum atomic E-state index is 13.9. The molecule has 0 unspecified atom stereocenters. The molecule has 1 aliphatic rings. The van der Waals surface area contributed by atoms with Crippen LogP contribution in [0.3, 0.4) is 0 Å². The maximum absolute atomic E-state index is 13.9. The predicted molar refractivity (Wildman–Crippen MR) is 115 cm³/mol. The molecule has 32 heavy (non-hydrogen) atoms. The van der Waals surface area contributed by atoms with Crippen LogP contribution in [0.5, 0.6) is 0 Å². The Bertz CT molecular complexity index is 1320. The summed E-state index contributed by atoms with van der Waals surface area (Å²) in [6.45, 7) is 1.00. The Balaban J connectivity index is 1.52. The zero-order valence-corrected chi connectivity index (χ0v) is 17.5. The minimum atomic E-state index is -0.962. The fourth-order valence-electron chi connectivity index (χ4n) is 3.42. The molecule has 6 nitrogen and oxygen atoms in total. The number of aryl methyl sites for hydroxylation is 1. The van der Waals surface area contributed by atoms with Crippen LogP contribution >= 0.6 is 11.6 Å². The van der Waals surface area contributed by atoms with Crippen molar-refractivity contribution >= 4 is 40.7 Å². The van der Waals surface area contributed by atoms with Gasteiger partial charge in [-0.05, 0) is 36.8 Å². The Kier molecular flexibility index (Phi) is 5.59. The number of hydrogen-bond acceptors (Lipinski definition) is 5. The third-order valence-corrected chi connectivity index (χ3v) is 5.38. The number of fused-ring (bicyclic) bond motifs is 2. The molecule has 1 aliphatic carbocycles. The standard InChI is InChI=1S/C24H15ClFNO5/c1-12-6-9-18(17(26)10-12)27-19(28)11-32-24(31)16-8-7-15-20(21(16)25)23(30)14-5-3-2-4-13(14)22(15)29/h2-10H,11H2,1H3,(H,27,28). The van der Waals surface area contributed by atoms with Crippen molar-refractivity contribution in [1.82, 2.24) is 0 Å². The number of benzene rings is 3. The zero-order chi connectivity index (χ0) is 23.0. The molecule has 0 saturated carbocycles. The molecule has 1 N–H and O–H groups in total. The second-order valence-electron chi connectivity index (χ2n) is 7.16. The summed E-state index contributed by atoms with van der Waals surface area (Å²) < 4.78 is 18.8. The van der Waals surface area contributed by atoms with E-state index >= 15 is 0 Å². The van der Waals surface area contributed by atoms with Gasteiger partial charge in [0, 0.05) is 16.7 Å². The fraction of sp³-hybridized carbons (Fsp3) is 0.0833. The lowest BCUT2D eigenvalue weighted by Gasteiger charge is -2.19. The summed E-state index contributed by atoms with van der Waals surface area (Å²) in [6.07, 6.45) is 0. The first kappa shape index (κ1) is 21.4. The third kappa shape index (κ3) is 3.78. The van der Waals surface area contributed by atoms with Gasteiger partial charge in [0.25, 0.3) is 5.91 Å². The minimum Gasteiger partial charge on any atom is -0.452 e. The molecule has 0 heterocycles. The second kappa shape index (κ2) is 8.36. The number of nitrogens with one attached hydrogen (secondary N) is 1. The lowest BCUT2D eigenvalue weighted by atomic mass is 9.83. The minimum absolute atomic E-state index is 0.0498. The molecule has 3 aromatic rings. The number of carbonyl (C=O) groups is 4. The SMILES string of the molecule is Cc1ccc(NC(=O)COC(=O)c2ccc3c(c2Cl)C(=O)c2ccccc2C3=O)c(F)c1. The Morgan fingerprint density at radius 2 is 1.66 bits per heavy atom. The van der Waals surface area contributed by atoms with Gasteiger partial charge < -0.3 is 10.1 Å². The first-order valence-corrected chi connectivity index (χ1v) is 9.89. The van der Waals surface area contributed by atoms with Crippen LogP contribution in [0, 0.1) is 12.7 Å².